The second kappa shape index (κ2) is 5.38. The van der Waals surface area contributed by atoms with Crippen LogP contribution in [0.25, 0.3) is 0 Å². The summed E-state index contributed by atoms with van der Waals surface area (Å²) in [5, 5.41) is 3.08. The summed E-state index contributed by atoms with van der Waals surface area (Å²) < 4.78 is 0. The minimum absolute atomic E-state index is 0.150. The van der Waals surface area contributed by atoms with Gasteiger partial charge >= 0.3 is 0 Å². The first-order valence-electron chi connectivity index (χ1n) is 5.63. The standard InChI is InChI=1S/C12H25NO/c1-7-10(8-2)9(3)13-11(14)12(4,5)6/h9-10H,7-8H2,1-6H3,(H,13,14). The average molecular weight is 199 g/mol. The third kappa shape index (κ3) is 4.12. The molecule has 0 aromatic heterocycles. The zero-order valence-corrected chi connectivity index (χ0v) is 10.5. The lowest BCUT2D eigenvalue weighted by atomic mass is 9.91. The maximum atomic E-state index is 11.7. The van der Waals surface area contributed by atoms with Gasteiger partial charge in [0.05, 0.1) is 0 Å². The number of carbonyl (C=O) groups excluding carboxylic acids is 1. The molecule has 14 heavy (non-hydrogen) atoms. The van der Waals surface area contributed by atoms with Crippen LogP contribution in [0.1, 0.15) is 54.4 Å². The van der Waals surface area contributed by atoms with Crippen LogP contribution in [0.4, 0.5) is 0 Å². The Bertz CT molecular complexity index is 177. The molecule has 1 amide bonds. The van der Waals surface area contributed by atoms with Gasteiger partial charge in [0.25, 0.3) is 0 Å². The van der Waals surface area contributed by atoms with Gasteiger partial charge in [-0.05, 0) is 12.8 Å². The molecule has 0 heterocycles. The quantitative estimate of drug-likeness (QED) is 0.741. The minimum Gasteiger partial charge on any atom is -0.353 e. The first-order valence-corrected chi connectivity index (χ1v) is 5.63. The SMILES string of the molecule is CCC(CC)C(C)NC(=O)C(C)(C)C. The maximum Gasteiger partial charge on any atom is 0.225 e. The number of nitrogens with one attached hydrogen (secondary N) is 1. The Morgan fingerprint density at radius 2 is 1.64 bits per heavy atom. The maximum absolute atomic E-state index is 11.7. The molecule has 0 aromatic rings. The predicted molar refractivity (Wildman–Crippen MR) is 61.1 cm³/mol. The number of carbonyl (C=O) groups is 1. The van der Waals surface area contributed by atoms with Crippen molar-refractivity contribution in [3.63, 3.8) is 0 Å². The summed E-state index contributed by atoms with van der Waals surface area (Å²) in [7, 11) is 0. The monoisotopic (exact) mass is 199 g/mol. The molecule has 1 unspecified atom stereocenters. The van der Waals surface area contributed by atoms with Crippen LogP contribution >= 0.6 is 0 Å². The molecule has 1 atom stereocenters. The lowest BCUT2D eigenvalue weighted by molar-refractivity contribution is -0.129. The summed E-state index contributed by atoms with van der Waals surface area (Å²) in [6.45, 7) is 12.3. The molecule has 2 nitrogen and oxygen atoms in total. The molecule has 84 valence electrons. The van der Waals surface area contributed by atoms with Gasteiger partial charge in [-0.15, -0.1) is 0 Å². The van der Waals surface area contributed by atoms with Crippen molar-refractivity contribution in [3.8, 4) is 0 Å². The van der Waals surface area contributed by atoms with Gasteiger partial charge in [-0.3, -0.25) is 4.79 Å². The number of hydrogen-bond donors (Lipinski definition) is 1. The van der Waals surface area contributed by atoms with Gasteiger partial charge in [-0.2, -0.15) is 0 Å². The van der Waals surface area contributed by atoms with Gasteiger partial charge < -0.3 is 5.32 Å². The number of rotatable bonds is 4. The Morgan fingerprint density at radius 1 is 1.21 bits per heavy atom. The molecule has 0 spiro atoms. The van der Waals surface area contributed by atoms with E-state index < -0.39 is 0 Å². The summed E-state index contributed by atoms with van der Waals surface area (Å²) in [6, 6.07) is 0.289. The summed E-state index contributed by atoms with van der Waals surface area (Å²) >= 11 is 0. The molecule has 0 saturated heterocycles. The van der Waals surface area contributed by atoms with Crippen LogP contribution in [-0.2, 0) is 4.79 Å². The van der Waals surface area contributed by atoms with E-state index in [4.69, 9.17) is 0 Å². The van der Waals surface area contributed by atoms with E-state index in [0.717, 1.165) is 12.8 Å². The molecule has 1 N–H and O–H groups in total. The molecule has 0 aliphatic heterocycles. The largest absolute Gasteiger partial charge is 0.353 e. The lowest BCUT2D eigenvalue weighted by Crippen LogP contribution is -2.43. The van der Waals surface area contributed by atoms with Gasteiger partial charge in [-0.1, -0.05) is 47.5 Å². The van der Waals surface area contributed by atoms with Crippen molar-refractivity contribution in [2.24, 2.45) is 11.3 Å². The molecule has 2 heteroatoms. The van der Waals surface area contributed by atoms with Gasteiger partial charge in [0.2, 0.25) is 5.91 Å². The van der Waals surface area contributed by atoms with E-state index in [2.05, 4.69) is 26.1 Å². The minimum atomic E-state index is -0.277. The van der Waals surface area contributed by atoms with Crippen LogP contribution in [-0.4, -0.2) is 11.9 Å². The van der Waals surface area contributed by atoms with Crippen molar-refractivity contribution in [1.29, 1.82) is 0 Å². The zero-order valence-electron chi connectivity index (χ0n) is 10.5. The highest BCUT2D eigenvalue weighted by Crippen LogP contribution is 2.17. The number of hydrogen-bond acceptors (Lipinski definition) is 1. The van der Waals surface area contributed by atoms with Crippen LogP contribution < -0.4 is 5.32 Å². The van der Waals surface area contributed by atoms with E-state index in [1.54, 1.807) is 0 Å². The van der Waals surface area contributed by atoms with Crippen molar-refractivity contribution >= 4 is 5.91 Å². The van der Waals surface area contributed by atoms with E-state index in [1.807, 2.05) is 20.8 Å². The van der Waals surface area contributed by atoms with Gasteiger partial charge in [0.1, 0.15) is 0 Å². The fraction of sp³-hybridized carbons (Fsp3) is 0.917. The summed E-state index contributed by atoms with van der Waals surface area (Å²) in [4.78, 5) is 11.7. The molecular formula is C12H25NO. The zero-order chi connectivity index (χ0) is 11.4. The van der Waals surface area contributed by atoms with Crippen LogP contribution in [0.2, 0.25) is 0 Å². The fourth-order valence-corrected chi connectivity index (χ4v) is 1.54. The Labute approximate surface area is 88.5 Å². The molecule has 0 saturated carbocycles. The molecule has 0 rings (SSSR count). The van der Waals surface area contributed by atoms with Crippen molar-refractivity contribution in [2.45, 2.75) is 60.4 Å². The third-order valence-corrected chi connectivity index (χ3v) is 2.80. The fourth-order valence-electron chi connectivity index (χ4n) is 1.54. The second-order valence-corrected chi connectivity index (χ2v) is 5.09. The van der Waals surface area contributed by atoms with Gasteiger partial charge in [-0.25, -0.2) is 0 Å². The van der Waals surface area contributed by atoms with Crippen LogP contribution in [0.5, 0.6) is 0 Å². The van der Waals surface area contributed by atoms with Crippen LogP contribution in [0.3, 0.4) is 0 Å². The average Bonchev–Trinajstić information content (AvgIpc) is 2.04. The molecule has 0 aromatic carbocycles. The van der Waals surface area contributed by atoms with Crippen molar-refractivity contribution < 1.29 is 4.79 Å². The summed E-state index contributed by atoms with van der Waals surface area (Å²) in [5.74, 6) is 0.748. The van der Waals surface area contributed by atoms with Crippen LogP contribution in [0, 0.1) is 11.3 Å². The van der Waals surface area contributed by atoms with E-state index in [-0.39, 0.29) is 17.4 Å². The van der Waals surface area contributed by atoms with Crippen molar-refractivity contribution in [2.75, 3.05) is 0 Å². The highest BCUT2D eigenvalue weighted by molar-refractivity contribution is 5.81. The smallest absolute Gasteiger partial charge is 0.225 e. The Morgan fingerprint density at radius 3 is 1.93 bits per heavy atom. The Hall–Kier alpha value is -0.530. The Kier molecular flexibility index (Phi) is 5.17. The van der Waals surface area contributed by atoms with E-state index in [0.29, 0.717) is 5.92 Å². The third-order valence-electron chi connectivity index (χ3n) is 2.80. The van der Waals surface area contributed by atoms with Crippen molar-refractivity contribution in [3.05, 3.63) is 0 Å². The first kappa shape index (κ1) is 13.5. The predicted octanol–water partition coefficient (Wildman–Crippen LogP) is 2.97. The van der Waals surface area contributed by atoms with E-state index in [9.17, 15) is 4.79 Å². The van der Waals surface area contributed by atoms with E-state index >= 15 is 0 Å². The highest BCUT2D eigenvalue weighted by atomic mass is 16.2. The molecule has 0 aliphatic rings. The molecule has 0 bridgehead atoms. The topological polar surface area (TPSA) is 29.1 Å². The van der Waals surface area contributed by atoms with Crippen LogP contribution in [0.15, 0.2) is 0 Å². The van der Waals surface area contributed by atoms with Gasteiger partial charge in [0, 0.05) is 11.5 Å². The molecular weight excluding hydrogens is 174 g/mol. The summed E-state index contributed by atoms with van der Waals surface area (Å²) in [6.07, 6.45) is 2.25. The second-order valence-electron chi connectivity index (χ2n) is 5.09. The highest BCUT2D eigenvalue weighted by Gasteiger charge is 2.24. The number of amides is 1. The van der Waals surface area contributed by atoms with Crippen molar-refractivity contribution in [1.82, 2.24) is 5.32 Å². The first-order chi connectivity index (χ1) is 6.32. The molecule has 0 radical (unpaired) electrons. The van der Waals surface area contributed by atoms with E-state index in [1.165, 1.54) is 0 Å². The normalized spacial score (nSPS) is 14.2. The van der Waals surface area contributed by atoms with Gasteiger partial charge in [0.15, 0.2) is 0 Å². The lowest BCUT2D eigenvalue weighted by Gasteiger charge is -2.26. The Balaban J connectivity index is 4.18. The molecule has 0 fully saturated rings. The molecule has 0 aliphatic carbocycles. The summed E-state index contributed by atoms with van der Waals surface area (Å²) in [5.41, 5.74) is -0.277.